The van der Waals surface area contributed by atoms with Crippen LogP contribution in [0.3, 0.4) is 0 Å². The number of hydrogen-bond donors (Lipinski definition) is 1. The highest BCUT2D eigenvalue weighted by Gasteiger charge is 2.10. The quantitative estimate of drug-likeness (QED) is 0.547. The Hall–Kier alpha value is -3.28. The molecule has 0 saturated carbocycles. The SMILES string of the molecule is CCOc1cccc(C=CC(=O)c2ccc(OCC(=O)O)c(OC)c2)c1. The minimum atomic E-state index is -1.09. The summed E-state index contributed by atoms with van der Waals surface area (Å²) < 4.78 is 15.7. The molecule has 0 radical (unpaired) electrons. The number of carbonyl (C=O) groups is 2. The Labute approximate surface area is 151 Å². The molecule has 6 heteroatoms. The number of carbonyl (C=O) groups excluding carboxylic acids is 1. The monoisotopic (exact) mass is 356 g/mol. The number of carboxylic acids is 1. The summed E-state index contributed by atoms with van der Waals surface area (Å²) in [6.45, 7) is 1.99. The van der Waals surface area contributed by atoms with E-state index in [1.807, 2.05) is 31.2 Å². The summed E-state index contributed by atoms with van der Waals surface area (Å²) in [7, 11) is 1.42. The minimum Gasteiger partial charge on any atom is -0.494 e. The zero-order chi connectivity index (χ0) is 18.9. The average Bonchev–Trinajstić information content (AvgIpc) is 2.64. The highest BCUT2D eigenvalue weighted by molar-refractivity contribution is 6.07. The van der Waals surface area contributed by atoms with Crippen LogP contribution in [0.5, 0.6) is 17.2 Å². The van der Waals surface area contributed by atoms with Crippen LogP contribution in [0.15, 0.2) is 48.5 Å². The summed E-state index contributed by atoms with van der Waals surface area (Å²) in [5.74, 6) is -0.00768. The molecule has 6 nitrogen and oxygen atoms in total. The fourth-order valence-electron chi connectivity index (χ4n) is 2.22. The van der Waals surface area contributed by atoms with E-state index < -0.39 is 12.6 Å². The maximum absolute atomic E-state index is 12.4. The molecule has 0 heterocycles. The Morgan fingerprint density at radius 2 is 1.88 bits per heavy atom. The zero-order valence-corrected chi connectivity index (χ0v) is 14.6. The van der Waals surface area contributed by atoms with Crippen LogP contribution in [-0.4, -0.2) is 37.2 Å². The second kappa shape index (κ2) is 9.27. The van der Waals surface area contributed by atoms with E-state index in [1.165, 1.54) is 25.3 Å². The highest BCUT2D eigenvalue weighted by Crippen LogP contribution is 2.28. The first-order valence-electron chi connectivity index (χ1n) is 8.01. The smallest absolute Gasteiger partial charge is 0.341 e. The van der Waals surface area contributed by atoms with Crippen LogP contribution in [0.1, 0.15) is 22.8 Å². The first kappa shape index (κ1) is 19.1. The summed E-state index contributed by atoms with van der Waals surface area (Å²) in [5.41, 5.74) is 1.25. The van der Waals surface area contributed by atoms with Gasteiger partial charge in [0, 0.05) is 5.56 Å². The zero-order valence-electron chi connectivity index (χ0n) is 14.6. The molecule has 1 N–H and O–H groups in total. The van der Waals surface area contributed by atoms with Crippen molar-refractivity contribution in [1.29, 1.82) is 0 Å². The summed E-state index contributed by atoms with van der Waals surface area (Å²) in [6, 6.07) is 12.0. The summed E-state index contributed by atoms with van der Waals surface area (Å²) in [4.78, 5) is 23.0. The van der Waals surface area contributed by atoms with E-state index in [0.29, 0.717) is 17.9 Å². The van der Waals surface area contributed by atoms with Gasteiger partial charge in [0.1, 0.15) is 5.75 Å². The molecule has 0 aromatic heterocycles. The third-order valence-corrected chi connectivity index (χ3v) is 3.40. The van der Waals surface area contributed by atoms with Crippen LogP contribution in [0, 0.1) is 0 Å². The molecule has 0 aliphatic heterocycles. The number of hydrogen-bond acceptors (Lipinski definition) is 5. The molecule has 26 heavy (non-hydrogen) atoms. The van der Waals surface area contributed by atoms with E-state index in [-0.39, 0.29) is 11.5 Å². The van der Waals surface area contributed by atoms with Gasteiger partial charge in [-0.25, -0.2) is 4.79 Å². The lowest BCUT2D eigenvalue weighted by Gasteiger charge is -2.10. The third-order valence-electron chi connectivity index (χ3n) is 3.40. The number of carboxylic acid groups (broad SMARTS) is 1. The van der Waals surface area contributed by atoms with Crippen LogP contribution < -0.4 is 14.2 Å². The number of ether oxygens (including phenoxy) is 3. The standard InChI is InChI=1S/C20H20O6/c1-3-25-16-6-4-5-14(11-16)7-9-17(21)15-8-10-18(19(12-15)24-2)26-13-20(22)23/h4-12H,3,13H2,1-2H3,(H,22,23). The highest BCUT2D eigenvalue weighted by atomic mass is 16.5. The van der Waals surface area contributed by atoms with Gasteiger partial charge in [0.2, 0.25) is 0 Å². The van der Waals surface area contributed by atoms with Crippen molar-refractivity contribution in [2.45, 2.75) is 6.92 Å². The maximum atomic E-state index is 12.4. The lowest BCUT2D eigenvalue weighted by Crippen LogP contribution is -2.10. The second-order valence-corrected chi connectivity index (χ2v) is 5.25. The first-order valence-corrected chi connectivity index (χ1v) is 8.01. The molecule has 0 saturated heterocycles. The van der Waals surface area contributed by atoms with Gasteiger partial charge in [-0.3, -0.25) is 4.79 Å². The number of aliphatic carboxylic acids is 1. The molecule has 2 aromatic rings. The van der Waals surface area contributed by atoms with Gasteiger partial charge in [-0.2, -0.15) is 0 Å². The number of rotatable bonds is 9. The predicted molar refractivity (Wildman–Crippen MR) is 97.1 cm³/mol. The van der Waals surface area contributed by atoms with Crippen LogP contribution in [0.2, 0.25) is 0 Å². The summed E-state index contributed by atoms with van der Waals surface area (Å²) in [5, 5.41) is 8.67. The van der Waals surface area contributed by atoms with E-state index in [9.17, 15) is 9.59 Å². The molecule has 0 atom stereocenters. The molecule has 0 unspecified atom stereocenters. The van der Waals surface area contributed by atoms with Crippen LogP contribution in [0.25, 0.3) is 6.08 Å². The van der Waals surface area contributed by atoms with E-state index in [0.717, 1.165) is 11.3 Å². The molecule has 0 spiro atoms. The fraction of sp³-hybridized carbons (Fsp3) is 0.200. The molecule has 0 aliphatic carbocycles. The predicted octanol–water partition coefficient (Wildman–Crippen LogP) is 3.45. The number of methoxy groups -OCH3 is 1. The largest absolute Gasteiger partial charge is 0.494 e. The van der Waals surface area contributed by atoms with Crippen molar-refractivity contribution in [2.75, 3.05) is 20.3 Å². The van der Waals surface area contributed by atoms with E-state index in [2.05, 4.69) is 0 Å². The van der Waals surface area contributed by atoms with Gasteiger partial charge in [0.25, 0.3) is 0 Å². The molecule has 0 aliphatic rings. The second-order valence-electron chi connectivity index (χ2n) is 5.25. The van der Waals surface area contributed by atoms with Crippen molar-refractivity contribution in [3.63, 3.8) is 0 Å². The number of allylic oxidation sites excluding steroid dienone is 1. The Morgan fingerprint density at radius 1 is 1.08 bits per heavy atom. The first-order chi connectivity index (χ1) is 12.5. The topological polar surface area (TPSA) is 82.1 Å². The number of ketones is 1. The van der Waals surface area contributed by atoms with Gasteiger partial charge in [-0.15, -0.1) is 0 Å². The minimum absolute atomic E-state index is 0.213. The van der Waals surface area contributed by atoms with Gasteiger partial charge in [-0.1, -0.05) is 18.2 Å². The molecular weight excluding hydrogens is 336 g/mol. The van der Waals surface area contributed by atoms with Crippen molar-refractivity contribution in [1.82, 2.24) is 0 Å². The van der Waals surface area contributed by atoms with Crippen LogP contribution in [0.4, 0.5) is 0 Å². The molecular formula is C20H20O6. The Kier molecular flexibility index (Phi) is 6.79. The van der Waals surface area contributed by atoms with Gasteiger partial charge in [-0.05, 0) is 48.9 Å². The summed E-state index contributed by atoms with van der Waals surface area (Å²) >= 11 is 0. The average molecular weight is 356 g/mol. The van der Waals surface area contributed by atoms with Crippen molar-refractivity contribution in [3.05, 3.63) is 59.7 Å². The Bertz CT molecular complexity index is 810. The molecule has 0 bridgehead atoms. The van der Waals surface area contributed by atoms with E-state index >= 15 is 0 Å². The Morgan fingerprint density at radius 3 is 2.58 bits per heavy atom. The van der Waals surface area contributed by atoms with Crippen molar-refractivity contribution < 1.29 is 28.9 Å². The van der Waals surface area contributed by atoms with Crippen LogP contribution in [-0.2, 0) is 4.79 Å². The third kappa shape index (κ3) is 5.37. The van der Waals surface area contributed by atoms with E-state index in [1.54, 1.807) is 12.1 Å². The van der Waals surface area contributed by atoms with E-state index in [4.69, 9.17) is 19.3 Å². The molecule has 0 fully saturated rings. The number of benzene rings is 2. The molecule has 2 aromatic carbocycles. The lowest BCUT2D eigenvalue weighted by molar-refractivity contribution is -0.139. The van der Waals surface area contributed by atoms with Crippen LogP contribution >= 0.6 is 0 Å². The fourth-order valence-corrected chi connectivity index (χ4v) is 2.22. The molecule has 2 rings (SSSR count). The molecule has 0 amide bonds. The van der Waals surface area contributed by atoms with Gasteiger partial charge < -0.3 is 19.3 Å². The van der Waals surface area contributed by atoms with Crippen molar-refractivity contribution in [3.8, 4) is 17.2 Å². The normalized spacial score (nSPS) is 10.5. The van der Waals surface area contributed by atoms with Crippen molar-refractivity contribution >= 4 is 17.8 Å². The van der Waals surface area contributed by atoms with Gasteiger partial charge in [0.15, 0.2) is 23.9 Å². The Balaban J connectivity index is 2.13. The van der Waals surface area contributed by atoms with Crippen molar-refractivity contribution in [2.24, 2.45) is 0 Å². The van der Waals surface area contributed by atoms with Gasteiger partial charge >= 0.3 is 5.97 Å². The summed E-state index contributed by atoms with van der Waals surface area (Å²) in [6.07, 6.45) is 3.16. The maximum Gasteiger partial charge on any atom is 0.341 e. The lowest BCUT2D eigenvalue weighted by atomic mass is 10.1. The van der Waals surface area contributed by atoms with Gasteiger partial charge in [0.05, 0.1) is 13.7 Å². The molecule has 136 valence electrons.